The largest absolute Gasteiger partial charge is 0.378 e. The summed E-state index contributed by atoms with van der Waals surface area (Å²) < 4.78 is 5.40. The molecule has 0 bridgehead atoms. The van der Waals surface area contributed by atoms with Crippen LogP contribution in [0.5, 0.6) is 0 Å². The number of ether oxygens (including phenoxy) is 1. The van der Waals surface area contributed by atoms with E-state index in [0.29, 0.717) is 30.8 Å². The van der Waals surface area contributed by atoms with Crippen molar-refractivity contribution in [1.82, 2.24) is 16.2 Å². The second-order valence-electron chi connectivity index (χ2n) is 10.5. The Bertz CT molecular complexity index is 1520. The van der Waals surface area contributed by atoms with Crippen LogP contribution in [0.4, 0.5) is 5.69 Å². The van der Waals surface area contributed by atoms with Gasteiger partial charge in [0.25, 0.3) is 17.7 Å². The van der Waals surface area contributed by atoms with Crippen molar-refractivity contribution in [2.75, 3.05) is 31.2 Å². The maximum Gasteiger partial charge on any atom is 0.270 e. The molecule has 1 atom stereocenters. The Balaban J connectivity index is 1.20. The Hall–Kier alpha value is -4.21. The maximum absolute atomic E-state index is 13.1. The average Bonchev–Trinajstić information content (AvgIpc) is 3.50. The van der Waals surface area contributed by atoms with Crippen molar-refractivity contribution in [1.29, 1.82) is 0 Å². The highest BCUT2D eigenvalue weighted by atomic mass is 32.1. The van der Waals surface area contributed by atoms with Gasteiger partial charge in [0, 0.05) is 34.6 Å². The third-order valence-electron chi connectivity index (χ3n) is 7.05. The van der Waals surface area contributed by atoms with Crippen molar-refractivity contribution >= 4 is 45.5 Å². The molecule has 212 valence electrons. The van der Waals surface area contributed by atoms with Gasteiger partial charge < -0.3 is 15.0 Å². The van der Waals surface area contributed by atoms with Gasteiger partial charge in [0.1, 0.15) is 6.04 Å². The summed E-state index contributed by atoms with van der Waals surface area (Å²) >= 11 is 1.47. The van der Waals surface area contributed by atoms with Crippen LogP contribution < -0.4 is 21.1 Å². The summed E-state index contributed by atoms with van der Waals surface area (Å²) in [6.07, 6.45) is 0.420. The minimum atomic E-state index is -0.810. The lowest BCUT2D eigenvalue weighted by molar-refractivity contribution is -0.124. The van der Waals surface area contributed by atoms with Crippen LogP contribution in [0.3, 0.4) is 0 Å². The van der Waals surface area contributed by atoms with Crippen LogP contribution >= 0.6 is 11.3 Å². The van der Waals surface area contributed by atoms with E-state index < -0.39 is 17.9 Å². The van der Waals surface area contributed by atoms with Gasteiger partial charge in [-0.15, -0.1) is 11.3 Å². The molecule has 2 heterocycles. The van der Waals surface area contributed by atoms with Gasteiger partial charge in [-0.05, 0) is 59.0 Å². The second-order valence-corrected chi connectivity index (χ2v) is 11.4. The topological polar surface area (TPSA) is 99.8 Å². The predicted molar refractivity (Wildman–Crippen MR) is 163 cm³/mol. The van der Waals surface area contributed by atoms with Crippen LogP contribution in [-0.2, 0) is 9.53 Å². The molecule has 1 aliphatic rings. The number of nitrogens with one attached hydrogen (secondary N) is 3. The summed E-state index contributed by atoms with van der Waals surface area (Å²) in [5, 5.41) is 6.85. The van der Waals surface area contributed by atoms with E-state index in [9.17, 15) is 14.4 Å². The molecule has 1 saturated heterocycles. The molecule has 0 unspecified atom stereocenters. The van der Waals surface area contributed by atoms with Crippen LogP contribution in [0, 0.1) is 5.92 Å². The van der Waals surface area contributed by atoms with Gasteiger partial charge in [0.2, 0.25) is 0 Å². The molecule has 3 N–H and O–H groups in total. The van der Waals surface area contributed by atoms with Crippen molar-refractivity contribution in [3.05, 3.63) is 89.3 Å². The first-order valence-corrected chi connectivity index (χ1v) is 14.7. The number of hydrogen-bond acceptors (Lipinski definition) is 6. The quantitative estimate of drug-likeness (QED) is 0.259. The predicted octanol–water partition coefficient (Wildman–Crippen LogP) is 5.01. The molecule has 8 nitrogen and oxygen atoms in total. The third-order valence-corrected chi connectivity index (χ3v) is 8.01. The van der Waals surface area contributed by atoms with Gasteiger partial charge in [0.05, 0.1) is 18.8 Å². The highest BCUT2D eigenvalue weighted by Gasteiger charge is 2.24. The SMILES string of the molecule is CC(C)C[C@H](NC(=O)c1ccc(N2CCOCC2)cc1)C(=O)NNC(=O)c1csc(-c2cccc3ccccc23)c1. The van der Waals surface area contributed by atoms with E-state index in [1.54, 1.807) is 17.5 Å². The standard InChI is InChI=1S/C32H34N4O4S/c1-21(2)18-28(33-30(37)23-10-12-25(13-11-23)36-14-16-40-17-15-36)32(39)35-34-31(38)24-19-29(41-20-24)27-9-5-7-22-6-3-4-8-26(22)27/h3-13,19-21,28H,14-18H2,1-2H3,(H,33,37)(H,34,38)(H,35,39)/t28-/m0/s1. The highest BCUT2D eigenvalue weighted by Crippen LogP contribution is 2.33. The molecule has 1 aromatic heterocycles. The van der Waals surface area contributed by atoms with E-state index in [-0.39, 0.29) is 11.8 Å². The molecule has 3 amide bonds. The van der Waals surface area contributed by atoms with E-state index in [1.165, 1.54) is 11.3 Å². The Morgan fingerprint density at radius 3 is 2.37 bits per heavy atom. The van der Waals surface area contributed by atoms with Gasteiger partial charge in [-0.1, -0.05) is 56.3 Å². The van der Waals surface area contributed by atoms with Crippen molar-refractivity contribution in [2.45, 2.75) is 26.3 Å². The molecule has 4 aromatic rings. The lowest BCUT2D eigenvalue weighted by atomic mass is 10.0. The smallest absolute Gasteiger partial charge is 0.270 e. The first-order chi connectivity index (χ1) is 19.9. The molecule has 5 rings (SSSR count). The van der Waals surface area contributed by atoms with E-state index in [0.717, 1.165) is 40.0 Å². The first kappa shape index (κ1) is 28.3. The Morgan fingerprint density at radius 1 is 0.878 bits per heavy atom. The molecular weight excluding hydrogens is 536 g/mol. The number of morpholine rings is 1. The number of fused-ring (bicyclic) bond motifs is 1. The maximum atomic E-state index is 13.1. The van der Waals surface area contributed by atoms with E-state index >= 15 is 0 Å². The summed E-state index contributed by atoms with van der Waals surface area (Å²) in [7, 11) is 0. The van der Waals surface area contributed by atoms with Gasteiger partial charge in [-0.25, -0.2) is 0 Å². The zero-order chi connectivity index (χ0) is 28.8. The molecule has 41 heavy (non-hydrogen) atoms. The van der Waals surface area contributed by atoms with E-state index in [2.05, 4.69) is 39.3 Å². The second kappa shape index (κ2) is 13.0. The number of nitrogens with zero attached hydrogens (tertiary/aromatic N) is 1. The summed E-state index contributed by atoms with van der Waals surface area (Å²) in [6.45, 7) is 6.93. The van der Waals surface area contributed by atoms with Crippen LogP contribution in [0.1, 0.15) is 41.0 Å². The number of anilines is 1. The van der Waals surface area contributed by atoms with Gasteiger partial charge in [-0.2, -0.15) is 0 Å². The Kier molecular flexibility index (Phi) is 8.96. The van der Waals surface area contributed by atoms with Gasteiger partial charge in [0.15, 0.2) is 0 Å². The Labute approximate surface area is 243 Å². The van der Waals surface area contributed by atoms with Crippen molar-refractivity contribution in [3.8, 4) is 10.4 Å². The van der Waals surface area contributed by atoms with Crippen LogP contribution in [0.25, 0.3) is 21.2 Å². The number of carbonyl (C=O) groups excluding carboxylic acids is 3. The van der Waals surface area contributed by atoms with Gasteiger partial charge >= 0.3 is 0 Å². The lowest BCUT2D eigenvalue weighted by Gasteiger charge is -2.29. The average molecular weight is 571 g/mol. The molecule has 3 aromatic carbocycles. The number of hydrogen-bond donors (Lipinski definition) is 3. The number of rotatable bonds is 8. The zero-order valence-electron chi connectivity index (χ0n) is 23.2. The fourth-order valence-electron chi connectivity index (χ4n) is 4.90. The summed E-state index contributed by atoms with van der Waals surface area (Å²) in [6, 6.07) is 22.6. The minimum absolute atomic E-state index is 0.144. The summed E-state index contributed by atoms with van der Waals surface area (Å²) in [5.41, 5.74) is 8.01. The summed E-state index contributed by atoms with van der Waals surface area (Å²) in [4.78, 5) is 42.1. The highest BCUT2D eigenvalue weighted by molar-refractivity contribution is 7.14. The molecule has 0 aliphatic carbocycles. The van der Waals surface area contributed by atoms with Crippen molar-refractivity contribution in [3.63, 3.8) is 0 Å². The number of benzene rings is 3. The number of thiophene rings is 1. The number of carbonyl (C=O) groups is 3. The summed E-state index contributed by atoms with van der Waals surface area (Å²) in [5.74, 6) is -1.10. The van der Waals surface area contributed by atoms with Crippen LogP contribution in [0.15, 0.2) is 78.2 Å². The molecule has 0 saturated carbocycles. The molecule has 0 spiro atoms. The third kappa shape index (κ3) is 6.93. The van der Waals surface area contributed by atoms with Gasteiger partial charge in [-0.3, -0.25) is 25.2 Å². The fourth-order valence-corrected chi connectivity index (χ4v) is 5.83. The van der Waals surface area contributed by atoms with E-state index in [4.69, 9.17) is 4.74 Å². The zero-order valence-corrected chi connectivity index (χ0v) is 24.0. The fraction of sp³-hybridized carbons (Fsp3) is 0.281. The van der Waals surface area contributed by atoms with Crippen molar-refractivity contribution in [2.24, 2.45) is 5.92 Å². The molecule has 9 heteroatoms. The Morgan fingerprint density at radius 2 is 1.61 bits per heavy atom. The first-order valence-electron chi connectivity index (χ1n) is 13.8. The normalized spacial score (nSPS) is 14.1. The monoisotopic (exact) mass is 570 g/mol. The molecular formula is C32H34N4O4S. The van der Waals surface area contributed by atoms with Crippen molar-refractivity contribution < 1.29 is 19.1 Å². The molecule has 1 fully saturated rings. The van der Waals surface area contributed by atoms with E-state index in [1.807, 2.05) is 56.3 Å². The number of hydrazine groups is 1. The van der Waals surface area contributed by atoms with Crippen LogP contribution in [-0.4, -0.2) is 50.1 Å². The molecule has 1 aliphatic heterocycles. The molecule has 0 radical (unpaired) electrons. The lowest BCUT2D eigenvalue weighted by Crippen LogP contribution is -2.52. The number of amides is 3. The minimum Gasteiger partial charge on any atom is -0.378 e. The van der Waals surface area contributed by atoms with Crippen LogP contribution in [0.2, 0.25) is 0 Å².